The zero-order chi connectivity index (χ0) is 24.5. The molecule has 0 aliphatic carbocycles. The number of pyridine rings is 1. The van der Waals surface area contributed by atoms with E-state index in [2.05, 4.69) is 21.9 Å². The number of nitrogens with zero attached hydrogens (tertiary/aromatic N) is 3. The molecule has 2 atom stereocenters. The highest BCUT2D eigenvalue weighted by atomic mass is 35.5. The first-order chi connectivity index (χ1) is 16.1. The number of halogens is 4. The van der Waals surface area contributed by atoms with Gasteiger partial charge in [-0.15, -0.1) is 0 Å². The Kier molecular flexibility index (Phi) is 6.63. The van der Waals surface area contributed by atoms with Gasteiger partial charge in [0.25, 0.3) is 5.91 Å². The molecule has 0 fully saturated rings. The number of amides is 1. The molecule has 4 rings (SSSR count). The maximum absolute atomic E-state index is 12.7. The second-order valence-corrected chi connectivity index (χ2v) is 8.25. The van der Waals surface area contributed by atoms with Crippen molar-refractivity contribution in [2.45, 2.75) is 37.8 Å². The lowest BCUT2D eigenvalue weighted by Crippen LogP contribution is -2.41. The number of alkyl halides is 3. The fraction of sp³-hybridized carbons (Fsp3) is 0.261. The first-order valence-electron chi connectivity index (χ1n) is 10.3. The molecular formula is C23H20ClF3N4O3. The molecule has 0 bridgehead atoms. The highest BCUT2D eigenvalue weighted by molar-refractivity contribution is 6.30. The molecule has 3 heterocycles. The molecule has 178 valence electrons. The minimum atomic E-state index is -4.50. The van der Waals surface area contributed by atoms with E-state index >= 15 is 0 Å². The van der Waals surface area contributed by atoms with Gasteiger partial charge < -0.3 is 19.7 Å². The zero-order valence-electron chi connectivity index (χ0n) is 17.7. The van der Waals surface area contributed by atoms with E-state index in [1.54, 1.807) is 29.0 Å². The number of allylic oxidation sites excluding steroid dienone is 1. The lowest BCUT2D eigenvalue weighted by atomic mass is 9.98. The maximum atomic E-state index is 12.7. The van der Waals surface area contributed by atoms with Crippen molar-refractivity contribution in [2.24, 2.45) is 0 Å². The van der Waals surface area contributed by atoms with Gasteiger partial charge in [0.05, 0.1) is 18.1 Å². The molecule has 3 aromatic rings. The van der Waals surface area contributed by atoms with Gasteiger partial charge in [0.2, 0.25) is 0 Å². The van der Waals surface area contributed by atoms with Crippen LogP contribution in [-0.2, 0) is 17.5 Å². The highest BCUT2D eigenvalue weighted by Crippen LogP contribution is 2.36. The summed E-state index contributed by atoms with van der Waals surface area (Å²) in [6.45, 7) is 4.29. The van der Waals surface area contributed by atoms with E-state index in [4.69, 9.17) is 16.3 Å². The van der Waals surface area contributed by atoms with Gasteiger partial charge in [-0.25, -0.2) is 4.98 Å². The number of aliphatic hydroxyl groups excluding tert-OH is 1. The topological polar surface area (TPSA) is 89.3 Å². The lowest BCUT2D eigenvalue weighted by molar-refractivity contribution is -0.141. The van der Waals surface area contributed by atoms with E-state index in [9.17, 15) is 23.1 Å². The summed E-state index contributed by atoms with van der Waals surface area (Å²) >= 11 is 5.95. The van der Waals surface area contributed by atoms with Gasteiger partial charge >= 0.3 is 6.18 Å². The standard InChI is InChI=1S/C23H20ClF3N4O3/c1-13(30-22(33)20-9-18(32)16-8-15(24)3-4-19(16)34-20)6-7-31-11-17(29-12-31)14-2-5-21(28-10-14)23(25,26)27/h2-5,8,10-12,18,20,32H,1,6-7,9H2,(H,30,33)/t18-,20-/m1/s1. The van der Waals surface area contributed by atoms with Crippen LogP contribution in [0.3, 0.4) is 0 Å². The minimum absolute atomic E-state index is 0.0818. The lowest BCUT2D eigenvalue weighted by Gasteiger charge is -2.29. The van der Waals surface area contributed by atoms with Crippen LogP contribution in [0.5, 0.6) is 5.75 Å². The van der Waals surface area contributed by atoms with Crippen molar-refractivity contribution in [1.29, 1.82) is 0 Å². The Morgan fingerprint density at radius 1 is 1.29 bits per heavy atom. The number of benzene rings is 1. The van der Waals surface area contributed by atoms with Crippen LogP contribution in [0.1, 0.15) is 30.2 Å². The van der Waals surface area contributed by atoms with E-state index < -0.39 is 30.0 Å². The summed E-state index contributed by atoms with van der Waals surface area (Å²) in [5.41, 5.74) is 0.933. The van der Waals surface area contributed by atoms with Crippen molar-refractivity contribution >= 4 is 17.5 Å². The minimum Gasteiger partial charge on any atom is -0.480 e. The van der Waals surface area contributed by atoms with Gasteiger partial charge in [-0.05, 0) is 30.3 Å². The average Bonchev–Trinajstić information content (AvgIpc) is 3.26. The number of carbonyl (C=O) groups excluding carboxylic acids is 1. The molecule has 1 aliphatic rings. The molecule has 0 saturated carbocycles. The number of fused-ring (bicyclic) bond motifs is 1. The summed E-state index contributed by atoms with van der Waals surface area (Å²) in [5, 5.41) is 13.5. The third-order valence-corrected chi connectivity index (χ3v) is 5.52. The quantitative estimate of drug-likeness (QED) is 0.528. The zero-order valence-corrected chi connectivity index (χ0v) is 18.5. The first kappa shape index (κ1) is 23.8. The normalized spacial score (nSPS) is 17.6. The van der Waals surface area contributed by atoms with Crippen molar-refractivity contribution in [3.63, 3.8) is 0 Å². The van der Waals surface area contributed by atoms with Gasteiger partial charge in [0.15, 0.2) is 6.10 Å². The van der Waals surface area contributed by atoms with Gasteiger partial charge in [0, 0.05) is 53.6 Å². The van der Waals surface area contributed by atoms with Gasteiger partial charge in [-0.2, -0.15) is 13.2 Å². The molecule has 0 spiro atoms. The molecule has 1 amide bonds. The largest absolute Gasteiger partial charge is 0.480 e. The maximum Gasteiger partial charge on any atom is 0.433 e. The molecule has 0 unspecified atom stereocenters. The van der Waals surface area contributed by atoms with Crippen molar-refractivity contribution in [1.82, 2.24) is 19.9 Å². The van der Waals surface area contributed by atoms with E-state index in [1.807, 2.05) is 0 Å². The van der Waals surface area contributed by atoms with Gasteiger partial charge in [0.1, 0.15) is 11.4 Å². The van der Waals surface area contributed by atoms with E-state index in [1.165, 1.54) is 12.4 Å². The number of hydrogen-bond donors (Lipinski definition) is 2. The van der Waals surface area contributed by atoms with E-state index in [0.29, 0.717) is 46.3 Å². The Hall–Kier alpha value is -3.37. The number of hydrogen-bond acceptors (Lipinski definition) is 5. The molecule has 0 saturated heterocycles. The first-order valence-corrected chi connectivity index (χ1v) is 10.7. The summed E-state index contributed by atoms with van der Waals surface area (Å²) in [6.07, 6.45) is -1.47. The van der Waals surface area contributed by atoms with Crippen LogP contribution in [0.4, 0.5) is 13.2 Å². The summed E-state index contributed by atoms with van der Waals surface area (Å²) in [5.74, 6) is -0.0237. The summed E-state index contributed by atoms with van der Waals surface area (Å²) in [4.78, 5) is 20.2. The summed E-state index contributed by atoms with van der Waals surface area (Å²) in [7, 11) is 0. The molecule has 2 N–H and O–H groups in total. The van der Waals surface area contributed by atoms with Crippen LogP contribution in [0.25, 0.3) is 11.3 Å². The van der Waals surface area contributed by atoms with Crippen LogP contribution in [0, 0.1) is 0 Å². The molecule has 7 nitrogen and oxygen atoms in total. The average molecular weight is 493 g/mol. The predicted molar refractivity (Wildman–Crippen MR) is 118 cm³/mol. The number of rotatable bonds is 6. The number of aryl methyl sites for hydroxylation is 1. The third kappa shape index (κ3) is 5.40. The molecule has 34 heavy (non-hydrogen) atoms. The van der Waals surface area contributed by atoms with Gasteiger partial charge in [-0.1, -0.05) is 18.2 Å². The smallest absolute Gasteiger partial charge is 0.433 e. The van der Waals surface area contributed by atoms with Gasteiger partial charge in [-0.3, -0.25) is 9.78 Å². The number of aliphatic hydroxyl groups is 1. The Morgan fingerprint density at radius 3 is 2.79 bits per heavy atom. The predicted octanol–water partition coefficient (Wildman–Crippen LogP) is 4.52. The second kappa shape index (κ2) is 9.47. The van der Waals surface area contributed by atoms with Crippen molar-refractivity contribution < 1.29 is 27.8 Å². The van der Waals surface area contributed by atoms with Crippen LogP contribution in [0.2, 0.25) is 5.02 Å². The van der Waals surface area contributed by atoms with Crippen LogP contribution < -0.4 is 10.1 Å². The molecule has 11 heteroatoms. The molecule has 1 aromatic carbocycles. The Balaban J connectivity index is 1.30. The molecular weight excluding hydrogens is 473 g/mol. The van der Waals surface area contributed by atoms with E-state index in [-0.39, 0.29) is 6.42 Å². The Labute approximate surface area is 197 Å². The summed E-state index contributed by atoms with van der Waals surface area (Å²) < 4.78 is 45.4. The highest BCUT2D eigenvalue weighted by Gasteiger charge is 2.33. The number of imidazole rings is 1. The van der Waals surface area contributed by atoms with E-state index in [0.717, 1.165) is 12.3 Å². The van der Waals surface area contributed by atoms with Crippen molar-refractivity contribution in [3.05, 3.63) is 77.6 Å². The number of ether oxygens (including phenoxy) is 1. The molecule has 2 aromatic heterocycles. The van der Waals surface area contributed by atoms with Crippen LogP contribution >= 0.6 is 11.6 Å². The van der Waals surface area contributed by atoms with Crippen LogP contribution in [0.15, 0.2) is 61.3 Å². The van der Waals surface area contributed by atoms with Crippen molar-refractivity contribution in [3.8, 4) is 17.0 Å². The number of carbonyl (C=O) groups is 1. The fourth-order valence-corrected chi connectivity index (χ4v) is 3.69. The van der Waals surface area contributed by atoms with Crippen LogP contribution in [-0.4, -0.2) is 31.7 Å². The molecule has 1 aliphatic heterocycles. The number of aromatic nitrogens is 3. The third-order valence-electron chi connectivity index (χ3n) is 5.28. The SMILES string of the molecule is C=C(CCn1cnc(-c2ccc(C(F)(F)F)nc2)c1)NC(=O)[C@H]1C[C@@H](O)c2cc(Cl)ccc2O1. The monoisotopic (exact) mass is 492 g/mol. The second-order valence-electron chi connectivity index (χ2n) is 7.81. The fourth-order valence-electron chi connectivity index (χ4n) is 3.50. The Morgan fingerprint density at radius 2 is 2.09 bits per heavy atom. The molecule has 0 radical (unpaired) electrons. The number of nitrogens with one attached hydrogen (secondary N) is 1. The van der Waals surface area contributed by atoms with Crippen molar-refractivity contribution in [2.75, 3.05) is 0 Å². The Bertz CT molecular complexity index is 1210. The summed E-state index contributed by atoms with van der Waals surface area (Å²) in [6, 6.07) is 7.05.